The van der Waals surface area contributed by atoms with Crippen LogP contribution in [0.15, 0.2) is 47.8 Å². The summed E-state index contributed by atoms with van der Waals surface area (Å²) in [4.78, 5) is 19.2. The van der Waals surface area contributed by atoms with Crippen LogP contribution in [0.1, 0.15) is 30.0 Å². The van der Waals surface area contributed by atoms with Gasteiger partial charge >= 0.3 is 6.18 Å². The van der Waals surface area contributed by atoms with Crippen LogP contribution in [0.4, 0.5) is 18.9 Å². The third-order valence-corrected chi connectivity index (χ3v) is 6.61. The Morgan fingerprint density at radius 1 is 1.31 bits per heavy atom. The van der Waals surface area contributed by atoms with Gasteiger partial charge in [0.2, 0.25) is 0 Å². The van der Waals surface area contributed by atoms with E-state index in [1.54, 1.807) is 36.3 Å². The van der Waals surface area contributed by atoms with E-state index in [-0.39, 0.29) is 29.1 Å². The standard InChI is InChI=1S/C24H20F3N4O4S/c1-23(2)13-30(11-20-29-19(12-36-20)14-3-6-16(7-4-14)31(33)34)22(32)21(23)35-17-8-5-15(10-28)18(9-17)24(25,26)27/h3-9,12,21,33H,11,13H2,1-2H3/q-1. The summed E-state index contributed by atoms with van der Waals surface area (Å²) in [5.41, 5.74) is -0.910. The average Bonchev–Trinajstić information content (AvgIpc) is 3.36. The minimum absolute atomic E-state index is 0.0785. The zero-order valence-electron chi connectivity index (χ0n) is 19.1. The number of aromatic nitrogens is 1. The van der Waals surface area contributed by atoms with Crippen LogP contribution in [0.5, 0.6) is 5.75 Å². The van der Waals surface area contributed by atoms with Crippen LogP contribution >= 0.6 is 11.3 Å². The zero-order chi connectivity index (χ0) is 26.3. The summed E-state index contributed by atoms with van der Waals surface area (Å²) < 4.78 is 45.7. The summed E-state index contributed by atoms with van der Waals surface area (Å²) in [5, 5.41) is 31.1. The molecule has 1 aliphatic rings. The van der Waals surface area contributed by atoms with Gasteiger partial charge in [0.05, 0.1) is 35.1 Å². The van der Waals surface area contributed by atoms with Gasteiger partial charge in [0, 0.05) is 22.9 Å². The molecular weight excluding hydrogens is 497 g/mol. The highest BCUT2D eigenvalue weighted by molar-refractivity contribution is 7.09. The van der Waals surface area contributed by atoms with E-state index >= 15 is 0 Å². The zero-order valence-corrected chi connectivity index (χ0v) is 19.9. The number of anilines is 1. The molecule has 0 radical (unpaired) electrons. The summed E-state index contributed by atoms with van der Waals surface area (Å²) in [6, 6.07) is 10.7. The molecule has 2 heterocycles. The second-order valence-corrected chi connectivity index (χ2v) is 9.89. The van der Waals surface area contributed by atoms with Crippen molar-refractivity contribution in [2.45, 2.75) is 32.7 Å². The van der Waals surface area contributed by atoms with Crippen molar-refractivity contribution in [1.29, 1.82) is 5.26 Å². The lowest BCUT2D eigenvalue weighted by atomic mass is 9.89. The van der Waals surface area contributed by atoms with Crippen LogP contribution in [0.25, 0.3) is 11.3 Å². The second-order valence-electron chi connectivity index (χ2n) is 8.94. The van der Waals surface area contributed by atoms with E-state index < -0.39 is 28.8 Å². The molecule has 1 unspecified atom stereocenters. The van der Waals surface area contributed by atoms with Gasteiger partial charge in [0.1, 0.15) is 10.8 Å². The van der Waals surface area contributed by atoms with Crippen LogP contribution in [0.2, 0.25) is 0 Å². The molecule has 0 saturated carbocycles. The molecule has 1 aromatic heterocycles. The third-order valence-electron chi connectivity index (χ3n) is 5.78. The van der Waals surface area contributed by atoms with Gasteiger partial charge in [-0.3, -0.25) is 10.0 Å². The van der Waals surface area contributed by atoms with Crippen molar-refractivity contribution in [3.05, 3.63) is 69.2 Å². The maximum absolute atomic E-state index is 13.3. The van der Waals surface area contributed by atoms with Gasteiger partial charge in [0.15, 0.2) is 6.10 Å². The Balaban J connectivity index is 1.49. The van der Waals surface area contributed by atoms with Gasteiger partial charge in [0.25, 0.3) is 5.91 Å². The fraction of sp³-hybridized carbons (Fsp3) is 0.292. The lowest BCUT2D eigenvalue weighted by Gasteiger charge is -2.24. The summed E-state index contributed by atoms with van der Waals surface area (Å²) in [6.45, 7) is 4.08. The number of nitrogens with zero attached hydrogens (tertiary/aromatic N) is 4. The fourth-order valence-electron chi connectivity index (χ4n) is 4.00. The average molecular weight is 518 g/mol. The number of amides is 1. The minimum atomic E-state index is -4.74. The molecule has 2 aromatic carbocycles. The molecule has 1 N–H and O–H groups in total. The Hall–Kier alpha value is -3.66. The predicted octanol–water partition coefficient (Wildman–Crippen LogP) is 5.21. The van der Waals surface area contributed by atoms with E-state index in [1.807, 2.05) is 0 Å². The summed E-state index contributed by atoms with van der Waals surface area (Å²) in [7, 11) is 0. The van der Waals surface area contributed by atoms with Crippen LogP contribution in [0, 0.1) is 22.0 Å². The number of carbonyl (C=O) groups is 1. The number of carbonyl (C=O) groups excluding carboxylic acids is 1. The quantitative estimate of drug-likeness (QED) is 0.447. The monoisotopic (exact) mass is 517 g/mol. The number of halogens is 3. The predicted molar refractivity (Wildman–Crippen MR) is 125 cm³/mol. The molecule has 12 heteroatoms. The number of benzene rings is 2. The first-order valence-corrected chi connectivity index (χ1v) is 11.5. The number of rotatable bonds is 6. The van der Waals surface area contributed by atoms with Crippen molar-refractivity contribution in [3.63, 3.8) is 0 Å². The van der Waals surface area contributed by atoms with E-state index in [4.69, 9.17) is 15.2 Å². The van der Waals surface area contributed by atoms with Gasteiger partial charge in [-0.15, -0.1) is 11.3 Å². The van der Waals surface area contributed by atoms with E-state index in [0.717, 1.165) is 17.7 Å². The molecule has 1 aliphatic heterocycles. The Morgan fingerprint density at radius 3 is 2.61 bits per heavy atom. The van der Waals surface area contributed by atoms with E-state index in [0.29, 0.717) is 17.2 Å². The highest BCUT2D eigenvalue weighted by atomic mass is 32.1. The molecule has 1 fully saturated rings. The molecule has 1 amide bonds. The fourth-order valence-corrected chi connectivity index (χ4v) is 4.82. The number of ether oxygens (including phenoxy) is 1. The largest absolute Gasteiger partial charge is 0.733 e. The van der Waals surface area contributed by atoms with Crippen molar-refractivity contribution in [1.82, 2.24) is 9.88 Å². The van der Waals surface area contributed by atoms with Crippen LogP contribution in [0.3, 0.4) is 0 Å². The molecule has 188 valence electrons. The highest BCUT2D eigenvalue weighted by Gasteiger charge is 2.48. The smallest absolute Gasteiger partial charge is 0.417 e. The minimum Gasteiger partial charge on any atom is -0.733 e. The van der Waals surface area contributed by atoms with Crippen LogP contribution in [-0.4, -0.2) is 33.6 Å². The van der Waals surface area contributed by atoms with Gasteiger partial charge in [-0.05, 0) is 30.3 Å². The third kappa shape index (κ3) is 5.13. The first-order chi connectivity index (χ1) is 16.9. The maximum atomic E-state index is 13.3. The SMILES string of the molecule is CC1(C)CN(Cc2nc(-c3ccc(N([O-])O)cc3)cs2)C(=O)C1Oc1ccc(C#N)c(C(F)(F)F)c1. The highest BCUT2D eigenvalue weighted by Crippen LogP contribution is 2.38. The van der Waals surface area contributed by atoms with Gasteiger partial charge in [-0.25, -0.2) is 4.98 Å². The van der Waals surface area contributed by atoms with Gasteiger partial charge in [-0.1, -0.05) is 26.0 Å². The van der Waals surface area contributed by atoms with Crippen molar-refractivity contribution >= 4 is 22.9 Å². The Morgan fingerprint density at radius 2 is 2.00 bits per heavy atom. The number of alkyl halides is 3. The molecule has 4 rings (SSSR count). The maximum Gasteiger partial charge on any atom is 0.417 e. The molecule has 1 atom stereocenters. The number of nitriles is 1. The molecule has 0 spiro atoms. The Kier molecular flexibility index (Phi) is 6.66. The number of thiazole rings is 1. The first kappa shape index (κ1) is 25.4. The number of hydrogen-bond donors (Lipinski definition) is 1. The summed E-state index contributed by atoms with van der Waals surface area (Å²) in [6.07, 6.45) is -5.76. The normalized spacial score (nSPS) is 17.2. The van der Waals surface area contributed by atoms with Gasteiger partial charge < -0.3 is 20.1 Å². The van der Waals surface area contributed by atoms with Crippen molar-refractivity contribution in [2.24, 2.45) is 5.41 Å². The molecule has 3 aromatic rings. The molecule has 0 bridgehead atoms. The van der Waals surface area contributed by atoms with Crippen LogP contribution < -0.4 is 9.96 Å². The Labute approximate surface area is 208 Å². The Bertz CT molecular complexity index is 1320. The lowest BCUT2D eigenvalue weighted by Crippen LogP contribution is -2.36. The van der Waals surface area contributed by atoms with E-state index in [9.17, 15) is 23.2 Å². The summed E-state index contributed by atoms with van der Waals surface area (Å²) in [5.74, 6) is -0.522. The lowest BCUT2D eigenvalue weighted by molar-refractivity contribution is -0.138. The van der Waals surface area contributed by atoms with Crippen molar-refractivity contribution in [2.75, 3.05) is 11.8 Å². The molecular formula is C24H20F3N4O4S-. The molecule has 1 saturated heterocycles. The molecule has 0 aliphatic carbocycles. The molecule has 36 heavy (non-hydrogen) atoms. The van der Waals surface area contributed by atoms with E-state index in [2.05, 4.69) is 4.98 Å². The van der Waals surface area contributed by atoms with E-state index in [1.165, 1.54) is 35.6 Å². The topological polar surface area (TPSA) is 113 Å². The van der Waals surface area contributed by atoms with Gasteiger partial charge in [-0.2, -0.15) is 18.4 Å². The molecule has 8 nitrogen and oxygen atoms in total. The number of hydrogen-bond acceptors (Lipinski definition) is 8. The summed E-state index contributed by atoms with van der Waals surface area (Å²) >= 11 is 1.33. The van der Waals surface area contributed by atoms with Crippen LogP contribution in [-0.2, 0) is 17.5 Å². The second kappa shape index (κ2) is 9.42. The first-order valence-electron chi connectivity index (χ1n) is 10.7. The van der Waals surface area contributed by atoms with Crippen molar-refractivity contribution in [3.8, 4) is 23.1 Å². The van der Waals surface area contributed by atoms with Crippen molar-refractivity contribution < 1.29 is 27.9 Å². The number of likely N-dealkylation sites (tertiary alicyclic amines) is 1.